The molecular weight excluding hydrogens is 384 g/mol. The topological polar surface area (TPSA) is 58.6 Å². The van der Waals surface area contributed by atoms with Crippen molar-refractivity contribution < 1.29 is 14.3 Å². The summed E-state index contributed by atoms with van der Waals surface area (Å²) in [6, 6.07) is 13.3. The molecule has 27 heavy (non-hydrogen) atoms. The molecule has 7 heteroatoms. The first-order chi connectivity index (χ1) is 12.9. The number of anilines is 2. The predicted octanol–water partition coefficient (Wildman–Crippen LogP) is 4.35. The lowest BCUT2D eigenvalue weighted by molar-refractivity contribution is -0.116. The molecule has 0 radical (unpaired) electrons. The maximum atomic E-state index is 12.6. The van der Waals surface area contributed by atoms with Gasteiger partial charge in [-0.15, -0.1) is 23.4 Å². The van der Waals surface area contributed by atoms with E-state index in [4.69, 9.17) is 16.3 Å². The van der Waals surface area contributed by atoms with E-state index in [0.717, 1.165) is 16.8 Å². The monoisotopic (exact) mass is 404 g/mol. The highest BCUT2D eigenvalue weighted by Crippen LogP contribution is 2.45. The van der Waals surface area contributed by atoms with Gasteiger partial charge in [0.2, 0.25) is 11.8 Å². The lowest BCUT2D eigenvalue weighted by Gasteiger charge is -2.26. The molecule has 1 aliphatic heterocycles. The number of nitrogens with zero attached hydrogens (tertiary/aromatic N) is 1. The van der Waals surface area contributed by atoms with Gasteiger partial charge in [0, 0.05) is 5.69 Å². The van der Waals surface area contributed by atoms with Crippen molar-refractivity contribution in [2.75, 3.05) is 23.1 Å². The van der Waals surface area contributed by atoms with Gasteiger partial charge < -0.3 is 10.1 Å². The lowest BCUT2D eigenvalue weighted by Crippen LogP contribution is -2.28. The number of carbonyl (C=O) groups is 2. The summed E-state index contributed by atoms with van der Waals surface area (Å²) in [4.78, 5) is 26.1. The van der Waals surface area contributed by atoms with Crippen LogP contribution in [0, 0.1) is 6.92 Å². The summed E-state index contributed by atoms with van der Waals surface area (Å²) < 4.78 is 5.47. The Balaban J connectivity index is 1.89. The third-order valence-electron chi connectivity index (χ3n) is 4.29. The lowest BCUT2D eigenvalue weighted by atomic mass is 10.1. The van der Waals surface area contributed by atoms with Gasteiger partial charge in [0.05, 0.1) is 18.6 Å². The van der Waals surface area contributed by atoms with Crippen molar-refractivity contribution >= 4 is 46.6 Å². The number of ether oxygens (including phenoxy) is 1. The number of rotatable bonds is 5. The van der Waals surface area contributed by atoms with Crippen LogP contribution in [0.25, 0.3) is 0 Å². The molecule has 0 unspecified atom stereocenters. The van der Waals surface area contributed by atoms with E-state index in [9.17, 15) is 9.59 Å². The van der Waals surface area contributed by atoms with Gasteiger partial charge >= 0.3 is 0 Å². The van der Waals surface area contributed by atoms with E-state index in [2.05, 4.69) is 5.32 Å². The molecule has 1 N–H and O–H groups in total. The zero-order chi connectivity index (χ0) is 19.6. The van der Waals surface area contributed by atoms with Crippen LogP contribution in [0.2, 0.25) is 0 Å². The van der Waals surface area contributed by atoms with Crippen LogP contribution in [-0.4, -0.2) is 30.1 Å². The first-order valence-corrected chi connectivity index (χ1v) is 10.0. The normalized spacial score (nSPS) is 17.7. The Labute approximate surface area is 168 Å². The minimum Gasteiger partial charge on any atom is -0.495 e. The van der Waals surface area contributed by atoms with Crippen LogP contribution in [0.15, 0.2) is 42.5 Å². The van der Waals surface area contributed by atoms with E-state index < -0.39 is 5.38 Å². The number of aryl methyl sites for hydroxylation is 1. The van der Waals surface area contributed by atoms with Crippen molar-refractivity contribution in [2.45, 2.75) is 24.6 Å². The molecule has 142 valence electrons. The molecule has 0 spiro atoms. The van der Waals surface area contributed by atoms with Crippen molar-refractivity contribution in [1.29, 1.82) is 0 Å². The number of carbonyl (C=O) groups excluding carboxylic acids is 2. The first-order valence-electron chi connectivity index (χ1n) is 8.54. The van der Waals surface area contributed by atoms with Crippen LogP contribution in [-0.2, 0) is 9.59 Å². The van der Waals surface area contributed by atoms with Gasteiger partial charge in [-0.1, -0.05) is 18.2 Å². The fourth-order valence-corrected chi connectivity index (χ4v) is 4.12. The first kappa shape index (κ1) is 19.6. The summed E-state index contributed by atoms with van der Waals surface area (Å²) in [6.45, 7) is 3.61. The molecule has 0 saturated carbocycles. The SMILES string of the molecule is COc1ccc(C)cc1N1C(=O)CS[C@@H]1c1ccc(NC(=O)[C@@H](C)Cl)cc1. The number of thioether (sulfide) groups is 1. The van der Waals surface area contributed by atoms with Crippen molar-refractivity contribution in [2.24, 2.45) is 0 Å². The third-order valence-corrected chi connectivity index (χ3v) is 5.70. The van der Waals surface area contributed by atoms with E-state index in [0.29, 0.717) is 17.2 Å². The Bertz CT molecular complexity index is 855. The number of alkyl halides is 1. The van der Waals surface area contributed by atoms with Crippen molar-refractivity contribution in [3.8, 4) is 5.75 Å². The second-order valence-corrected chi connectivity index (χ2v) is 8.05. The maximum absolute atomic E-state index is 12.6. The van der Waals surface area contributed by atoms with Crippen molar-refractivity contribution in [1.82, 2.24) is 0 Å². The highest BCUT2D eigenvalue weighted by molar-refractivity contribution is 8.00. The molecule has 1 aliphatic rings. The van der Waals surface area contributed by atoms with E-state index in [1.165, 1.54) is 0 Å². The smallest absolute Gasteiger partial charge is 0.242 e. The Kier molecular flexibility index (Phi) is 5.97. The quantitative estimate of drug-likeness (QED) is 0.753. The van der Waals surface area contributed by atoms with Crippen LogP contribution < -0.4 is 15.0 Å². The van der Waals surface area contributed by atoms with Gasteiger partial charge in [0.15, 0.2) is 0 Å². The number of methoxy groups -OCH3 is 1. The molecule has 0 aromatic heterocycles. The van der Waals surface area contributed by atoms with Crippen LogP contribution in [0.3, 0.4) is 0 Å². The fraction of sp³-hybridized carbons (Fsp3) is 0.300. The fourth-order valence-electron chi connectivity index (χ4n) is 2.89. The second kappa shape index (κ2) is 8.23. The van der Waals surface area contributed by atoms with E-state index in [1.54, 1.807) is 30.7 Å². The molecule has 3 rings (SSSR count). The summed E-state index contributed by atoms with van der Waals surface area (Å²) in [5.74, 6) is 0.869. The van der Waals surface area contributed by atoms with Crippen molar-refractivity contribution in [3.63, 3.8) is 0 Å². The molecule has 0 bridgehead atoms. The Morgan fingerprint density at radius 1 is 1.30 bits per heavy atom. The molecule has 2 atom stereocenters. The van der Waals surface area contributed by atoms with Crippen LogP contribution in [0.1, 0.15) is 23.4 Å². The minimum absolute atomic E-state index is 0.0437. The maximum Gasteiger partial charge on any atom is 0.242 e. The molecule has 5 nitrogen and oxygen atoms in total. The molecule has 1 saturated heterocycles. The summed E-state index contributed by atoms with van der Waals surface area (Å²) in [7, 11) is 1.60. The van der Waals surface area contributed by atoms with Crippen molar-refractivity contribution in [3.05, 3.63) is 53.6 Å². The molecule has 2 amide bonds. The Morgan fingerprint density at radius 2 is 2.00 bits per heavy atom. The van der Waals surface area contributed by atoms with Crippen LogP contribution >= 0.6 is 23.4 Å². The zero-order valence-electron chi connectivity index (χ0n) is 15.4. The Hall–Kier alpha value is -2.18. The molecule has 1 fully saturated rings. The summed E-state index contributed by atoms with van der Waals surface area (Å²) in [5.41, 5.74) is 3.48. The van der Waals surface area contributed by atoms with E-state index in [1.807, 2.05) is 49.4 Å². The van der Waals surface area contributed by atoms with Gasteiger partial charge in [0.1, 0.15) is 16.5 Å². The number of hydrogen-bond donors (Lipinski definition) is 1. The number of hydrogen-bond acceptors (Lipinski definition) is 4. The molecule has 0 aliphatic carbocycles. The average molecular weight is 405 g/mol. The van der Waals surface area contributed by atoms with Gasteiger partial charge in [-0.2, -0.15) is 0 Å². The number of halogens is 1. The second-order valence-electron chi connectivity index (χ2n) is 6.33. The largest absolute Gasteiger partial charge is 0.495 e. The molecule has 2 aromatic rings. The molecular formula is C20H21ClN2O3S. The molecule has 1 heterocycles. The minimum atomic E-state index is -0.600. The third kappa shape index (κ3) is 4.22. The highest BCUT2D eigenvalue weighted by atomic mass is 35.5. The van der Waals surface area contributed by atoms with Crippen LogP contribution in [0.4, 0.5) is 11.4 Å². The summed E-state index contributed by atoms with van der Waals surface area (Å²) >= 11 is 7.35. The van der Waals surface area contributed by atoms with E-state index in [-0.39, 0.29) is 17.2 Å². The predicted molar refractivity (Wildman–Crippen MR) is 111 cm³/mol. The van der Waals surface area contributed by atoms with Gasteiger partial charge in [-0.05, 0) is 49.2 Å². The standard InChI is InChI=1S/C20H21ClN2O3S/c1-12-4-9-17(26-3)16(10-12)23-18(24)11-27-20(23)14-5-7-15(8-6-14)22-19(25)13(2)21/h4-10,13,20H,11H2,1-3H3,(H,22,25)/t13-,20-/m1/s1. The Morgan fingerprint density at radius 3 is 2.63 bits per heavy atom. The summed E-state index contributed by atoms with van der Waals surface area (Å²) in [6.07, 6.45) is 0. The van der Waals surface area contributed by atoms with Gasteiger partial charge in [-0.25, -0.2) is 0 Å². The highest BCUT2D eigenvalue weighted by Gasteiger charge is 2.35. The van der Waals surface area contributed by atoms with Crippen LogP contribution in [0.5, 0.6) is 5.75 Å². The van der Waals surface area contributed by atoms with Gasteiger partial charge in [0.25, 0.3) is 0 Å². The number of amides is 2. The molecule has 2 aromatic carbocycles. The number of benzene rings is 2. The summed E-state index contributed by atoms with van der Waals surface area (Å²) in [5, 5.41) is 2.01. The van der Waals surface area contributed by atoms with Gasteiger partial charge in [-0.3, -0.25) is 14.5 Å². The zero-order valence-corrected chi connectivity index (χ0v) is 16.9. The van der Waals surface area contributed by atoms with E-state index >= 15 is 0 Å². The number of nitrogens with one attached hydrogen (secondary N) is 1. The average Bonchev–Trinajstić information content (AvgIpc) is 3.03.